The van der Waals surface area contributed by atoms with Crippen LogP contribution in [0.15, 0.2) is 18.2 Å². The van der Waals surface area contributed by atoms with Crippen LogP contribution in [0.3, 0.4) is 0 Å². The third-order valence-corrected chi connectivity index (χ3v) is 8.81. The highest BCUT2D eigenvalue weighted by Crippen LogP contribution is 2.38. The van der Waals surface area contributed by atoms with E-state index in [1.165, 1.54) is 0 Å². The number of ether oxygens (including phenoxy) is 1. The van der Waals surface area contributed by atoms with Crippen molar-refractivity contribution in [1.82, 2.24) is 20.4 Å². The van der Waals surface area contributed by atoms with Crippen LogP contribution in [0.1, 0.15) is 72.3 Å². The molecule has 1 saturated carbocycles. The highest BCUT2D eigenvalue weighted by Gasteiger charge is 2.42. The zero-order valence-corrected chi connectivity index (χ0v) is 20.6. The van der Waals surface area contributed by atoms with Gasteiger partial charge in [-0.05, 0) is 75.4 Å². The monoisotopic (exact) mass is 498 g/mol. The van der Waals surface area contributed by atoms with E-state index in [9.17, 15) is 14.4 Å². The average molecular weight is 499 g/mol. The van der Waals surface area contributed by atoms with E-state index >= 15 is 4.39 Å². The summed E-state index contributed by atoms with van der Waals surface area (Å²) in [6, 6.07) is 5.46. The fraction of sp³-hybridized carbons (Fsp3) is 0.667. The van der Waals surface area contributed by atoms with Crippen molar-refractivity contribution in [1.29, 1.82) is 0 Å². The van der Waals surface area contributed by atoms with Crippen molar-refractivity contribution in [3.05, 3.63) is 34.9 Å². The number of amides is 3. The van der Waals surface area contributed by atoms with Gasteiger partial charge in [-0.3, -0.25) is 24.6 Å². The molecule has 8 nitrogen and oxygen atoms in total. The summed E-state index contributed by atoms with van der Waals surface area (Å²) >= 11 is 0. The van der Waals surface area contributed by atoms with Gasteiger partial charge in [-0.2, -0.15) is 0 Å². The van der Waals surface area contributed by atoms with Crippen LogP contribution < -0.4 is 10.6 Å². The zero-order chi connectivity index (χ0) is 24.8. The van der Waals surface area contributed by atoms with E-state index in [-0.39, 0.29) is 24.2 Å². The van der Waals surface area contributed by atoms with Gasteiger partial charge in [-0.15, -0.1) is 0 Å². The first-order chi connectivity index (χ1) is 17.5. The molecule has 3 atom stereocenters. The van der Waals surface area contributed by atoms with E-state index in [2.05, 4.69) is 15.5 Å². The quantitative estimate of drug-likeness (QED) is 0.603. The van der Waals surface area contributed by atoms with Gasteiger partial charge in [0.2, 0.25) is 11.8 Å². The van der Waals surface area contributed by atoms with Crippen molar-refractivity contribution in [3.63, 3.8) is 0 Å². The number of carbonyl (C=O) groups is 3. The summed E-state index contributed by atoms with van der Waals surface area (Å²) in [5, 5.41) is 5.70. The lowest BCUT2D eigenvalue weighted by molar-refractivity contribution is -0.136. The second kappa shape index (κ2) is 9.84. The van der Waals surface area contributed by atoms with Crippen molar-refractivity contribution >= 4 is 17.7 Å². The third-order valence-electron chi connectivity index (χ3n) is 8.81. The first-order valence-corrected chi connectivity index (χ1v) is 13.5. The van der Waals surface area contributed by atoms with E-state index in [0.717, 1.165) is 62.9 Å². The maximum Gasteiger partial charge on any atom is 0.255 e. The van der Waals surface area contributed by atoms with E-state index in [1.54, 1.807) is 4.90 Å². The number of carbonyl (C=O) groups excluding carboxylic acids is 3. The molecule has 1 aromatic carbocycles. The lowest BCUT2D eigenvalue weighted by atomic mass is 9.82. The Morgan fingerprint density at radius 2 is 1.81 bits per heavy atom. The number of hydrogen-bond donors (Lipinski definition) is 2. The average Bonchev–Trinajstić information content (AvgIpc) is 3.17. The Balaban J connectivity index is 1.04. The van der Waals surface area contributed by atoms with E-state index < -0.39 is 18.1 Å². The van der Waals surface area contributed by atoms with Crippen LogP contribution in [0.5, 0.6) is 0 Å². The number of alkyl halides is 1. The number of nitrogens with zero attached hydrogens (tertiary/aromatic N) is 2. The first kappa shape index (κ1) is 24.0. The summed E-state index contributed by atoms with van der Waals surface area (Å²) in [4.78, 5) is 40.8. The number of fused-ring (bicyclic) bond motifs is 1. The van der Waals surface area contributed by atoms with Gasteiger partial charge in [0.1, 0.15) is 12.2 Å². The van der Waals surface area contributed by atoms with Crippen LogP contribution in [0.4, 0.5) is 4.39 Å². The van der Waals surface area contributed by atoms with Gasteiger partial charge < -0.3 is 15.0 Å². The van der Waals surface area contributed by atoms with E-state index in [4.69, 9.17) is 4.74 Å². The van der Waals surface area contributed by atoms with E-state index in [0.29, 0.717) is 43.3 Å². The molecular formula is C27H35FN4O4. The number of hydrogen-bond acceptors (Lipinski definition) is 6. The van der Waals surface area contributed by atoms with Gasteiger partial charge in [-0.25, -0.2) is 4.39 Å². The predicted octanol–water partition coefficient (Wildman–Crippen LogP) is 1.87. The highest BCUT2D eigenvalue weighted by atomic mass is 19.1. The van der Waals surface area contributed by atoms with Crippen LogP contribution in [0, 0.1) is 0 Å². The molecule has 9 heteroatoms. The van der Waals surface area contributed by atoms with Gasteiger partial charge >= 0.3 is 0 Å². The molecule has 1 aliphatic carbocycles. The van der Waals surface area contributed by atoms with Crippen LogP contribution in [-0.4, -0.2) is 84.2 Å². The summed E-state index contributed by atoms with van der Waals surface area (Å²) in [7, 11) is 0. The molecule has 4 aliphatic heterocycles. The summed E-state index contributed by atoms with van der Waals surface area (Å²) in [5.74, 6) is -1.15. The van der Waals surface area contributed by atoms with Crippen molar-refractivity contribution in [3.8, 4) is 0 Å². The number of rotatable bonds is 5. The number of imide groups is 1. The van der Waals surface area contributed by atoms with Gasteiger partial charge in [0.05, 0.1) is 12.2 Å². The number of benzene rings is 1. The normalized spacial score (nSPS) is 33.9. The number of nitrogens with one attached hydrogen (secondary N) is 2. The Morgan fingerprint density at radius 1 is 1.00 bits per heavy atom. The summed E-state index contributed by atoms with van der Waals surface area (Å²) in [5.41, 5.74) is 2.28. The standard InChI is InChI=1S/C27H35FN4O4/c28-23-15-31(18-12-20(13-18)36-19-5-8-29-9-6-19)10-7-21(23)16-1-2-17-14-32(27(35)22(17)11-16)24-3-4-25(33)30-26(24)34/h1-2,11,18-21,23-24,29H,3-10,12-15H2,(H,30,33,34)/t18-,20-,21?,23?,24?. The molecular weight excluding hydrogens is 463 g/mol. The van der Waals surface area contributed by atoms with Crippen molar-refractivity contribution in [2.45, 2.75) is 87.9 Å². The minimum atomic E-state index is -0.982. The Bertz CT molecular complexity index is 1040. The molecule has 36 heavy (non-hydrogen) atoms. The molecule has 2 N–H and O–H groups in total. The van der Waals surface area contributed by atoms with Crippen molar-refractivity contribution in [2.75, 3.05) is 26.2 Å². The molecule has 4 heterocycles. The van der Waals surface area contributed by atoms with Crippen molar-refractivity contribution < 1.29 is 23.5 Å². The summed E-state index contributed by atoms with van der Waals surface area (Å²) in [6.45, 7) is 3.68. The molecule has 0 radical (unpaired) electrons. The molecule has 0 spiro atoms. The molecule has 0 aromatic heterocycles. The Kier molecular flexibility index (Phi) is 6.56. The zero-order valence-electron chi connectivity index (χ0n) is 20.6. The highest BCUT2D eigenvalue weighted by molar-refractivity contribution is 6.05. The Labute approximate surface area is 210 Å². The van der Waals surface area contributed by atoms with Crippen LogP contribution in [0.2, 0.25) is 0 Å². The second-order valence-electron chi connectivity index (χ2n) is 11.1. The smallest absolute Gasteiger partial charge is 0.255 e. The minimum Gasteiger partial charge on any atom is -0.375 e. The molecule has 0 bridgehead atoms. The number of halogens is 1. The maximum absolute atomic E-state index is 15.4. The fourth-order valence-corrected chi connectivity index (χ4v) is 6.59. The first-order valence-electron chi connectivity index (χ1n) is 13.5. The Hall–Kier alpha value is -2.36. The molecule has 194 valence electrons. The topological polar surface area (TPSA) is 91.0 Å². The molecule has 1 aromatic rings. The number of piperidine rings is 3. The summed E-state index contributed by atoms with van der Waals surface area (Å²) in [6.07, 6.45) is 5.12. The minimum absolute atomic E-state index is 0.205. The van der Waals surface area contributed by atoms with Gasteiger partial charge in [0, 0.05) is 37.0 Å². The molecule has 4 fully saturated rings. The number of likely N-dealkylation sites (tertiary alicyclic amines) is 1. The van der Waals surface area contributed by atoms with Crippen LogP contribution in [0.25, 0.3) is 0 Å². The third kappa shape index (κ3) is 4.57. The second-order valence-corrected chi connectivity index (χ2v) is 11.1. The molecule has 3 unspecified atom stereocenters. The fourth-order valence-electron chi connectivity index (χ4n) is 6.59. The van der Waals surface area contributed by atoms with Gasteiger partial charge in [0.15, 0.2) is 0 Å². The lowest BCUT2D eigenvalue weighted by Gasteiger charge is -2.47. The van der Waals surface area contributed by atoms with Gasteiger partial charge in [-0.1, -0.05) is 12.1 Å². The van der Waals surface area contributed by atoms with Crippen molar-refractivity contribution in [2.24, 2.45) is 0 Å². The van der Waals surface area contributed by atoms with Crippen LogP contribution >= 0.6 is 0 Å². The molecule has 3 amide bonds. The predicted molar refractivity (Wildman–Crippen MR) is 130 cm³/mol. The maximum atomic E-state index is 15.4. The largest absolute Gasteiger partial charge is 0.375 e. The Morgan fingerprint density at radius 3 is 2.56 bits per heavy atom. The van der Waals surface area contributed by atoms with Crippen LogP contribution in [-0.2, 0) is 20.9 Å². The van der Waals surface area contributed by atoms with E-state index in [1.807, 2.05) is 18.2 Å². The molecule has 5 aliphatic rings. The SMILES string of the molecule is O=C1CCC(N2Cc3ccc(C4CCN([C@H]5C[C@H](OC6CCNCC6)C5)CC4F)cc3C2=O)C(=O)N1. The van der Waals surface area contributed by atoms with Gasteiger partial charge in [0.25, 0.3) is 5.91 Å². The molecule has 6 rings (SSSR count). The lowest BCUT2D eigenvalue weighted by Crippen LogP contribution is -2.54. The summed E-state index contributed by atoms with van der Waals surface area (Å²) < 4.78 is 21.7. The molecule has 3 saturated heterocycles.